The highest BCUT2D eigenvalue weighted by Gasteiger charge is 2.40. The first kappa shape index (κ1) is 14.6. The molecule has 5 heteroatoms. The van der Waals surface area contributed by atoms with Crippen LogP contribution in [-0.2, 0) is 14.3 Å². The first-order valence-electron chi connectivity index (χ1n) is 6.00. The molecule has 0 fully saturated rings. The number of rotatable bonds is 4. The summed E-state index contributed by atoms with van der Waals surface area (Å²) < 4.78 is 5.16. The first-order chi connectivity index (χ1) is 9.50. The maximum atomic E-state index is 11.6. The average molecular weight is 290 g/mol. The molecule has 0 radical (unpaired) electrons. The predicted molar refractivity (Wildman–Crippen MR) is 78.5 cm³/mol. The van der Waals surface area contributed by atoms with Gasteiger partial charge in [0.1, 0.15) is 0 Å². The monoisotopic (exact) mass is 290 g/mol. The van der Waals surface area contributed by atoms with Crippen LogP contribution in [0.4, 0.5) is 0 Å². The molecule has 0 spiro atoms. The molecule has 1 N–H and O–H groups in total. The first-order valence-corrected chi connectivity index (χ1v) is 6.44. The standard InChI is InChI=1S/C15H14O4S/c1-19-15(14(17)18)8-7-11(13(16)20)12(9-15)10-5-3-2-4-6-10/h2-8H,9H2,1H3,(H,16,20)(H,17,18). The molecule has 0 bridgehead atoms. The number of allylic oxidation sites excluding steroid dienone is 1. The molecule has 104 valence electrons. The Morgan fingerprint density at radius 3 is 2.45 bits per heavy atom. The molecule has 0 saturated heterocycles. The van der Waals surface area contributed by atoms with E-state index < -0.39 is 16.7 Å². The molecule has 20 heavy (non-hydrogen) atoms. The lowest BCUT2D eigenvalue weighted by Gasteiger charge is -2.30. The largest absolute Gasteiger partial charge is 0.479 e. The Morgan fingerprint density at radius 2 is 1.95 bits per heavy atom. The summed E-state index contributed by atoms with van der Waals surface area (Å²) in [6, 6.07) is 9.17. The number of carboxylic acids is 1. The normalized spacial score (nSPS) is 21.9. The zero-order valence-electron chi connectivity index (χ0n) is 10.9. The zero-order chi connectivity index (χ0) is 14.8. The predicted octanol–water partition coefficient (Wildman–Crippen LogP) is 2.33. The van der Waals surface area contributed by atoms with Crippen LogP contribution in [0, 0.1) is 0 Å². The summed E-state index contributed by atoms with van der Waals surface area (Å²) in [4.78, 5) is 23.1. The van der Waals surface area contributed by atoms with Crippen LogP contribution in [0.3, 0.4) is 0 Å². The van der Waals surface area contributed by atoms with Gasteiger partial charge in [-0.15, -0.1) is 12.6 Å². The average Bonchev–Trinajstić information content (AvgIpc) is 2.47. The second-order valence-corrected chi connectivity index (χ2v) is 4.88. The van der Waals surface area contributed by atoms with Crippen LogP contribution < -0.4 is 0 Å². The number of hydrogen-bond donors (Lipinski definition) is 2. The summed E-state index contributed by atoms with van der Waals surface area (Å²) in [5, 5.41) is 8.98. The van der Waals surface area contributed by atoms with Crippen molar-refractivity contribution in [1.29, 1.82) is 0 Å². The third-order valence-corrected chi connectivity index (χ3v) is 3.60. The highest BCUT2D eigenvalue weighted by molar-refractivity contribution is 7.97. The minimum atomic E-state index is -1.45. The fraction of sp³-hybridized carbons (Fsp3) is 0.200. The van der Waals surface area contributed by atoms with Crippen LogP contribution >= 0.6 is 12.6 Å². The summed E-state index contributed by atoms with van der Waals surface area (Å²) >= 11 is 3.85. The molecule has 1 aliphatic rings. The van der Waals surface area contributed by atoms with E-state index in [4.69, 9.17) is 4.74 Å². The lowest BCUT2D eigenvalue weighted by atomic mass is 9.83. The van der Waals surface area contributed by atoms with Crippen LogP contribution in [0.1, 0.15) is 12.0 Å². The number of benzene rings is 1. The molecule has 0 amide bonds. The van der Waals surface area contributed by atoms with Gasteiger partial charge in [0, 0.05) is 19.1 Å². The van der Waals surface area contributed by atoms with E-state index in [2.05, 4.69) is 12.6 Å². The summed E-state index contributed by atoms with van der Waals surface area (Å²) in [5.41, 5.74) is 0.362. The third-order valence-electron chi connectivity index (χ3n) is 3.36. The van der Waals surface area contributed by atoms with E-state index in [0.717, 1.165) is 5.56 Å². The number of carbonyl (C=O) groups is 2. The molecule has 0 heterocycles. The molecule has 0 aliphatic heterocycles. The van der Waals surface area contributed by atoms with Crippen molar-refractivity contribution >= 4 is 29.3 Å². The van der Waals surface area contributed by atoms with Gasteiger partial charge in [-0.2, -0.15) is 0 Å². The number of ether oxygens (including phenoxy) is 1. The SMILES string of the molecule is COC1(C(=O)O)C=CC(C(=O)S)=C(c2ccccc2)C1. The highest BCUT2D eigenvalue weighted by atomic mass is 32.1. The van der Waals surface area contributed by atoms with Gasteiger partial charge in [0.05, 0.1) is 0 Å². The lowest BCUT2D eigenvalue weighted by Crippen LogP contribution is -2.40. The van der Waals surface area contributed by atoms with E-state index in [1.54, 1.807) is 0 Å². The molecule has 1 aromatic carbocycles. The number of methoxy groups -OCH3 is 1. The summed E-state index contributed by atoms with van der Waals surface area (Å²) in [5.74, 6) is -1.09. The number of hydrogen-bond acceptors (Lipinski definition) is 3. The Morgan fingerprint density at radius 1 is 1.30 bits per heavy atom. The van der Waals surface area contributed by atoms with Crippen molar-refractivity contribution in [3.8, 4) is 0 Å². The van der Waals surface area contributed by atoms with E-state index >= 15 is 0 Å². The number of aliphatic carboxylic acids is 1. The summed E-state index contributed by atoms with van der Waals surface area (Å²) in [6.07, 6.45) is 2.95. The van der Waals surface area contributed by atoms with Crippen LogP contribution in [-0.4, -0.2) is 28.9 Å². The molecule has 4 nitrogen and oxygen atoms in total. The maximum absolute atomic E-state index is 11.6. The molecule has 0 aromatic heterocycles. The van der Waals surface area contributed by atoms with Crippen molar-refractivity contribution in [3.63, 3.8) is 0 Å². The smallest absolute Gasteiger partial charge is 0.340 e. The topological polar surface area (TPSA) is 63.6 Å². The quantitative estimate of drug-likeness (QED) is 0.835. The van der Waals surface area contributed by atoms with Gasteiger partial charge in [-0.3, -0.25) is 4.79 Å². The van der Waals surface area contributed by atoms with Crippen LogP contribution in [0.5, 0.6) is 0 Å². The Labute approximate surface area is 122 Å². The highest BCUT2D eigenvalue weighted by Crippen LogP contribution is 2.36. The minimum Gasteiger partial charge on any atom is -0.479 e. The molecular weight excluding hydrogens is 276 g/mol. The fourth-order valence-electron chi connectivity index (χ4n) is 2.21. The molecular formula is C15H14O4S. The van der Waals surface area contributed by atoms with Gasteiger partial charge in [-0.1, -0.05) is 36.4 Å². The Hall–Kier alpha value is -1.85. The summed E-state index contributed by atoms with van der Waals surface area (Å²) in [7, 11) is 1.34. The van der Waals surface area contributed by atoms with Crippen molar-refractivity contribution in [2.75, 3.05) is 7.11 Å². The van der Waals surface area contributed by atoms with Crippen molar-refractivity contribution < 1.29 is 19.4 Å². The van der Waals surface area contributed by atoms with E-state index in [9.17, 15) is 14.7 Å². The molecule has 2 rings (SSSR count). The lowest BCUT2D eigenvalue weighted by molar-refractivity contribution is -0.156. The second kappa shape index (κ2) is 5.64. The van der Waals surface area contributed by atoms with E-state index in [1.807, 2.05) is 30.3 Å². The maximum Gasteiger partial charge on any atom is 0.340 e. The van der Waals surface area contributed by atoms with Crippen molar-refractivity contribution in [1.82, 2.24) is 0 Å². The minimum absolute atomic E-state index is 0.0843. The third kappa shape index (κ3) is 2.55. The summed E-state index contributed by atoms with van der Waals surface area (Å²) in [6.45, 7) is 0. The molecule has 1 unspecified atom stereocenters. The van der Waals surface area contributed by atoms with E-state index in [0.29, 0.717) is 11.1 Å². The van der Waals surface area contributed by atoms with Gasteiger partial charge >= 0.3 is 5.97 Å². The van der Waals surface area contributed by atoms with Gasteiger partial charge in [0.2, 0.25) is 5.12 Å². The van der Waals surface area contributed by atoms with Gasteiger partial charge < -0.3 is 9.84 Å². The number of carbonyl (C=O) groups excluding carboxylic acids is 1. The molecule has 1 aliphatic carbocycles. The molecule has 1 aromatic rings. The fourth-order valence-corrected chi connectivity index (χ4v) is 2.42. The van der Waals surface area contributed by atoms with Gasteiger partial charge in [0.25, 0.3) is 0 Å². The Balaban J connectivity index is 2.55. The van der Waals surface area contributed by atoms with Gasteiger partial charge in [-0.25, -0.2) is 4.79 Å². The van der Waals surface area contributed by atoms with Crippen molar-refractivity contribution in [3.05, 3.63) is 53.6 Å². The van der Waals surface area contributed by atoms with Gasteiger partial charge in [-0.05, 0) is 17.2 Å². The van der Waals surface area contributed by atoms with Crippen LogP contribution in [0.15, 0.2) is 48.1 Å². The molecule has 1 atom stereocenters. The van der Waals surface area contributed by atoms with Gasteiger partial charge in [0.15, 0.2) is 5.60 Å². The number of carboxylic acid groups (broad SMARTS) is 1. The Bertz CT molecular complexity index is 604. The molecule has 0 saturated carbocycles. The van der Waals surface area contributed by atoms with E-state index in [-0.39, 0.29) is 6.42 Å². The van der Waals surface area contributed by atoms with Crippen LogP contribution in [0.25, 0.3) is 5.57 Å². The zero-order valence-corrected chi connectivity index (χ0v) is 11.8. The van der Waals surface area contributed by atoms with Crippen molar-refractivity contribution in [2.45, 2.75) is 12.0 Å². The number of thiol groups is 1. The Kier molecular flexibility index (Phi) is 4.11. The van der Waals surface area contributed by atoms with E-state index in [1.165, 1.54) is 19.3 Å². The second-order valence-electron chi connectivity index (χ2n) is 4.47. The van der Waals surface area contributed by atoms with Crippen molar-refractivity contribution in [2.24, 2.45) is 0 Å². The van der Waals surface area contributed by atoms with Crippen LogP contribution in [0.2, 0.25) is 0 Å².